The van der Waals surface area contributed by atoms with E-state index >= 15 is 8.78 Å². The van der Waals surface area contributed by atoms with Gasteiger partial charge in [0.1, 0.15) is 42.0 Å². The summed E-state index contributed by atoms with van der Waals surface area (Å²) in [6.07, 6.45) is -0.0738. The molecule has 1 unspecified atom stereocenters. The van der Waals surface area contributed by atoms with Crippen molar-refractivity contribution < 1.29 is 76.3 Å². The van der Waals surface area contributed by atoms with E-state index in [2.05, 4.69) is 0 Å². The molecule has 64 heavy (non-hydrogen) atoms. The van der Waals surface area contributed by atoms with Crippen LogP contribution in [0.1, 0.15) is 100 Å². The second kappa shape index (κ2) is 19.8. The lowest BCUT2D eigenvalue weighted by Gasteiger charge is -2.53. The van der Waals surface area contributed by atoms with E-state index < -0.39 is 127 Å². The van der Waals surface area contributed by atoms with Gasteiger partial charge in [0.25, 0.3) is 5.92 Å². The average Bonchev–Trinajstić information content (AvgIpc) is 3.58. The number of rotatable bonds is 8. The fourth-order valence-electron chi connectivity index (χ4n) is 11.0. The molecule has 6 aliphatic heterocycles. The van der Waals surface area contributed by atoms with Crippen LogP contribution >= 0.6 is 0 Å². The van der Waals surface area contributed by atoms with Crippen LogP contribution in [0, 0.1) is 23.7 Å². The second-order valence-electron chi connectivity index (χ2n) is 19.6. The molecule has 1 aliphatic carbocycles. The van der Waals surface area contributed by atoms with Gasteiger partial charge in [-0.1, -0.05) is 64.5 Å². The number of carbonyl (C=O) groups is 1. The molecule has 0 aromatic rings. The maximum atomic E-state index is 16.1. The van der Waals surface area contributed by atoms with Crippen molar-refractivity contribution in [3.63, 3.8) is 0 Å². The molecule has 362 valence electrons. The highest BCUT2D eigenvalue weighted by Crippen LogP contribution is 2.52. The van der Waals surface area contributed by atoms with E-state index in [1.54, 1.807) is 40.2 Å². The van der Waals surface area contributed by atoms with E-state index in [1.165, 1.54) is 13.0 Å². The number of allylic oxidation sites excluding steroid dienone is 2. The van der Waals surface area contributed by atoms with Crippen molar-refractivity contribution in [3.8, 4) is 0 Å². The minimum atomic E-state index is -3.13. The summed E-state index contributed by atoms with van der Waals surface area (Å²) >= 11 is 0. The number of aliphatic hydroxyl groups is 3. The second-order valence-corrected chi connectivity index (χ2v) is 19.6. The van der Waals surface area contributed by atoms with Crippen molar-refractivity contribution in [3.05, 3.63) is 47.1 Å². The monoisotopic (exact) mass is 910 g/mol. The first-order chi connectivity index (χ1) is 30.2. The molecule has 0 amide bonds. The molecule has 14 nitrogen and oxygen atoms in total. The zero-order valence-electron chi connectivity index (χ0n) is 39.0. The third-order valence-electron chi connectivity index (χ3n) is 15.1. The van der Waals surface area contributed by atoms with E-state index in [0.29, 0.717) is 30.4 Å². The number of halogens is 2. The van der Waals surface area contributed by atoms with Crippen LogP contribution in [-0.2, 0) is 52.2 Å². The van der Waals surface area contributed by atoms with Crippen LogP contribution in [0.3, 0.4) is 0 Å². The molecule has 1 spiro atoms. The van der Waals surface area contributed by atoms with Crippen molar-refractivity contribution in [2.24, 2.45) is 23.7 Å². The Labute approximate surface area is 376 Å². The molecular weight excluding hydrogens is 839 g/mol. The first-order valence-electron chi connectivity index (χ1n) is 23.3. The van der Waals surface area contributed by atoms with Crippen molar-refractivity contribution in [1.29, 1.82) is 0 Å². The molecule has 0 radical (unpaired) electrons. The predicted molar refractivity (Wildman–Crippen MR) is 228 cm³/mol. The summed E-state index contributed by atoms with van der Waals surface area (Å²) in [6, 6.07) is 0. The molecule has 0 aromatic heterocycles. The van der Waals surface area contributed by atoms with E-state index in [4.69, 9.17) is 47.4 Å². The summed E-state index contributed by atoms with van der Waals surface area (Å²) in [5, 5.41) is 34.2. The minimum Gasteiger partial charge on any atom is -0.462 e. The fraction of sp³-hybridized carbons (Fsp3) is 0.812. The molecule has 7 rings (SSSR count). The van der Waals surface area contributed by atoms with Crippen molar-refractivity contribution in [1.82, 2.24) is 0 Å². The Morgan fingerprint density at radius 2 is 1.61 bits per heavy atom. The van der Waals surface area contributed by atoms with Crippen LogP contribution < -0.4 is 0 Å². The predicted octanol–water partition coefficient (Wildman–Crippen LogP) is 5.85. The number of ether oxygens (including phenoxy) is 10. The maximum absolute atomic E-state index is 16.1. The Kier molecular flexibility index (Phi) is 15.4. The molecule has 5 saturated heterocycles. The van der Waals surface area contributed by atoms with E-state index in [9.17, 15) is 20.1 Å². The molecule has 16 heteroatoms. The lowest BCUT2D eigenvalue weighted by Crippen LogP contribution is -2.61. The Morgan fingerprint density at radius 3 is 2.31 bits per heavy atom. The van der Waals surface area contributed by atoms with Gasteiger partial charge in [-0.05, 0) is 56.8 Å². The lowest BCUT2D eigenvalue weighted by molar-refractivity contribution is -0.376. The van der Waals surface area contributed by atoms with Crippen molar-refractivity contribution >= 4 is 5.97 Å². The van der Waals surface area contributed by atoms with Gasteiger partial charge in [0.05, 0.1) is 55.8 Å². The Hall–Kier alpha value is -2.19. The zero-order valence-corrected chi connectivity index (χ0v) is 39.0. The van der Waals surface area contributed by atoms with Crippen LogP contribution in [0.2, 0.25) is 0 Å². The third-order valence-corrected chi connectivity index (χ3v) is 15.1. The lowest BCUT2D eigenvalue weighted by atomic mass is 9.71. The highest BCUT2D eigenvalue weighted by atomic mass is 19.3. The van der Waals surface area contributed by atoms with Crippen LogP contribution in [0.25, 0.3) is 0 Å². The number of aliphatic hydroxyl groups excluding tert-OH is 2. The number of methoxy groups -OCH3 is 2. The molecule has 0 aromatic carbocycles. The number of esters is 1. The van der Waals surface area contributed by atoms with Crippen LogP contribution in [0.5, 0.6) is 0 Å². The van der Waals surface area contributed by atoms with Gasteiger partial charge >= 0.3 is 5.97 Å². The van der Waals surface area contributed by atoms with Gasteiger partial charge < -0.3 is 62.7 Å². The SMILES string of the molecule is CCC(C)[C@H]1O[C@@]2(C[C@@H]3C[C@@H](C/C=C(\C)[C@H](O[C@H]4C[C@H](OC)[C@@H](O[C@H]5C[C@H](OC)[C@@H](O)[C@H](C)O5)[C@H](C)O4)[C@@H](C)/C=C/C=C4\CO[C@@H]5[C@H](O)C(C)=C[C@@H](C(=O)O3)[C@]45O)O2)CC(F)(F)[C@@H]1C. The van der Waals surface area contributed by atoms with Crippen molar-refractivity contribution in [2.45, 2.75) is 203 Å². The van der Waals surface area contributed by atoms with E-state index in [-0.39, 0.29) is 37.7 Å². The smallest absolute Gasteiger partial charge is 0.316 e. The number of fused-ring (bicyclic) bond motifs is 2. The van der Waals surface area contributed by atoms with Gasteiger partial charge in [-0.3, -0.25) is 4.79 Å². The van der Waals surface area contributed by atoms with Crippen LogP contribution in [0.15, 0.2) is 47.1 Å². The Bertz CT molecular complexity index is 1770. The molecule has 3 N–H and O–H groups in total. The maximum Gasteiger partial charge on any atom is 0.316 e. The highest BCUT2D eigenvalue weighted by molar-refractivity contribution is 5.78. The molecule has 0 saturated carbocycles. The number of alkyl halides is 2. The van der Waals surface area contributed by atoms with E-state index in [0.717, 1.165) is 5.57 Å². The first-order valence-corrected chi connectivity index (χ1v) is 23.3. The van der Waals surface area contributed by atoms with Gasteiger partial charge in [0, 0.05) is 51.7 Å². The summed E-state index contributed by atoms with van der Waals surface area (Å²) in [5.41, 5.74) is -0.301. The summed E-state index contributed by atoms with van der Waals surface area (Å²) in [5.74, 6) is -8.44. The topological polar surface area (TPSA) is 170 Å². The minimum absolute atomic E-state index is 0.0474. The van der Waals surface area contributed by atoms with E-state index in [1.807, 2.05) is 46.8 Å². The summed E-state index contributed by atoms with van der Waals surface area (Å²) < 4.78 is 95.0. The molecule has 6 heterocycles. The fourth-order valence-corrected chi connectivity index (χ4v) is 11.0. The quantitative estimate of drug-likeness (QED) is 0.196. The van der Waals surface area contributed by atoms with Gasteiger partial charge in [-0.15, -0.1) is 0 Å². The summed E-state index contributed by atoms with van der Waals surface area (Å²) in [6.45, 7) is 14.5. The van der Waals surface area contributed by atoms with Gasteiger partial charge in [0.15, 0.2) is 18.4 Å². The summed E-state index contributed by atoms with van der Waals surface area (Å²) in [4.78, 5) is 14.3. The Morgan fingerprint density at radius 1 is 0.922 bits per heavy atom. The van der Waals surface area contributed by atoms with Crippen LogP contribution in [-0.4, -0.2) is 145 Å². The third kappa shape index (κ3) is 9.86. The molecule has 5 fully saturated rings. The summed E-state index contributed by atoms with van der Waals surface area (Å²) in [7, 11) is 3.15. The standard InChI is InChI=1S/C48H72F2O14/c1-11-24(2)42-28(6)47(49,50)23-46(64-42)21-33-18-32(63-46)16-15-26(4)41(25(3)13-12-14-31-22-57-44-39(51)27(5)17-34(45(53)60-33)48(31,44)54)61-38-20-36(56-10)43(30(8)59-38)62-37-19-35(55-9)40(52)29(7)58-37/h12-15,17,24-25,28-30,32-44,51-52,54H,11,16,18-23H2,1-10H3/b13-12+,26-15+,31-14+/t24?,25-,28+,29-,30-,32+,33-,34-,35-,36-,37-,38-,39+,40-,41+,42+,43-,44+,46-,48+/m0/s1. The Balaban J connectivity index is 1.20. The average molecular weight is 911 g/mol. The number of carbonyl (C=O) groups excluding carboxylic acids is 1. The first kappa shape index (κ1) is 49.7. The van der Waals surface area contributed by atoms with Gasteiger partial charge in [0.2, 0.25) is 0 Å². The largest absolute Gasteiger partial charge is 0.462 e. The van der Waals surface area contributed by atoms with Gasteiger partial charge in [-0.25, -0.2) is 8.78 Å². The number of hydrogen-bond donors (Lipinski definition) is 3. The van der Waals surface area contributed by atoms with Gasteiger partial charge in [-0.2, -0.15) is 0 Å². The normalized spacial score (nSPS) is 49.1. The molecule has 20 atom stereocenters. The molecule has 2 bridgehead atoms. The number of hydrogen-bond acceptors (Lipinski definition) is 14. The molecular formula is C48H72F2O14. The molecule has 7 aliphatic rings. The van der Waals surface area contributed by atoms with Crippen LogP contribution in [0.4, 0.5) is 8.78 Å². The zero-order chi connectivity index (χ0) is 46.5. The van der Waals surface area contributed by atoms with Crippen molar-refractivity contribution in [2.75, 3.05) is 20.8 Å². The highest BCUT2D eigenvalue weighted by Gasteiger charge is 2.62.